The van der Waals surface area contributed by atoms with Crippen molar-refractivity contribution in [3.8, 4) is 0 Å². The van der Waals surface area contributed by atoms with E-state index < -0.39 is 5.82 Å². The first-order valence-corrected chi connectivity index (χ1v) is 9.00. The van der Waals surface area contributed by atoms with Crippen LogP contribution in [0.2, 0.25) is 0 Å². The van der Waals surface area contributed by atoms with Crippen molar-refractivity contribution in [2.75, 3.05) is 44.2 Å². The van der Waals surface area contributed by atoms with E-state index in [2.05, 4.69) is 4.99 Å². The molecule has 5 nitrogen and oxygen atoms in total. The number of hydrogen-bond donors (Lipinski definition) is 0. The molecule has 2 aliphatic rings. The van der Waals surface area contributed by atoms with Gasteiger partial charge in [0, 0.05) is 38.3 Å². The van der Waals surface area contributed by atoms with Crippen molar-refractivity contribution in [2.24, 2.45) is 4.99 Å². The molecule has 7 heteroatoms. The summed E-state index contributed by atoms with van der Waals surface area (Å²) < 4.78 is 27.5. The van der Waals surface area contributed by atoms with Crippen molar-refractivity contribution < 1.29 is 13.6 Å². The third-order valence-corrected chi connectivity index (χ3v) is 4.89. The molecular weight excluding hydrogens is 350 g/mol. The molecular formula is C20H20F2N4O. The number of carbonyl (C=O) groups is 1. The Morgan fingerprint density at radius 1 is 0.889 bits per heavy atom. The Kier molecular flexibility index (Phi) is 4.75. The van der Waals surface area contributed by atoms with Crippen LogP contribution in [0.1, 0.15) is 10.4 Å². The van der Waals surface area contributed by atoms with Crippen molar-refractivity contribution in [3.63, 3.8) is 0 Å². The number of halogens is 2. The molecule has 140 valence electrons. The van der Waals surface area contributed by atoms with Gasteiger partial charge in [0.1, 0.15) is 11.6 Å². The van der Waals surface area contributed by atoms with Crippen molar-refractivity contribution >= 4 is 17.6 Å². The van der Waals surface area contributed by atoms with Gasteiger partial charge in [-0.15, -0.1) is 0 Å². The largest absolute Gasteiger partial charge is 0.366 e. The summed E-state index contributed by atoms with van der Waals surface area (Å²) in [6.45, 7) is 3.58. The van der Waals surface area contributed by atoms with Crippen LogP contribution in [0.3, 0.4) is 0 Å². The van der Waals surface area contributed by atoms with Crippen molar-refractivity contribution in [1.29, 1.82) is 0 Å². The molecule has 2 heterocycles. The highest BCUT2D eigenvalue weighted by Gasteiger charge is 2.31. The summed E-state index contributed by atoms with van der Waals surface area (Å²) in [6.07, 6.45) is 0. The van der Waals surface area contributed by atoms with Crippen LogP contribution in [0.4, 0.5) is 14.5 Å². The number of nitrogens with zero attached hydrogens (tertiary/aromatic N) is 4. The predicted octanol–water partition coefficient (Wildman–Crippen LogP) is 2.60. The van der Waals surface area contributed by atoms with E-state index >= 15 is 0 Å². The van der Waals surface area contributed by atoms with Crippen LogP contribution >= 0.6 is 0 Å². The molecule has 0 spiro atoms. The highest BCUT2D eigenvalue weighted by atomic mass is 19.1. The van der Waals surface area contributed by atoms with Gasteiger partial charge < -0.3 is 9.80 Å². The van der Waals surface area contributed by atoms with Crippen LogP contribution in [0, 0.1) is 11.6 Å². The molecule has 2 aliphatic heterocycles. The normalized spacial score (nSPS) is 17.3. The van der Waals surface area contributed by atoms with Crippen molar-refractivity contribution in [2.45, 2.75) is 0 Å². The third kappa shape index (κ3) is 3.49. The quantitative estimate of drug-likeness (QED) is 0.816. The standard InChI is InChI=1S/C20H20F2N4O/c21-16-5-3-4-15(14-16)19(27)26-9-8-23-20(26)25-12-10-24(11-13-25)18-7-2-1-6-17(18)22/h1-7,14H,8-13H2. The lowest BCUT2D eigenvalue weighted by molar-refractivity contribution is 0.0842. The molecule has 1 fully saturated rings. The van der Waals surface area contributed by atoms with Crippen LogP contribution in [0.15, 0.2) is 53.5 Å². The number of hydrogen-bond acceptors (Lipinski definition) is 4. The van der Waals surface area contributed by atoms with Gasteiger partial charge in [-0.2, -0.15) is 0 Å². The van der Waals surface area contributed by atoms with E-state index in [1.54, 1.807) is 23.1 Å². The number of rotatable bonds is 2. The summed E-state index contributed by atoms with van der Waals surface area (Å²) in [5, 5.41) is 0. The van der Waals surface area contributed by atoms with Crippen LogP contribution in [-0.2, 0) is 0 Å². The highest BCUT2D eigenvalue weighted by molar-refractivity contribution is 6.06. The van der Waals surface area contributed by atoms with Crippen molar-refractivity contribution in [3.05, 3.63) is 65.7 Å². The van der Waals surface area contributed by atoms with Gasteiger partial charge in [-0.25, -0.2) is 8.78 Å². The Hall–Kier alpha value is -2.96. The molecule has 27 heavy (non-hydrogen) atoms. The fourth-order valence-electron chi connectivity index (χ4n) is 3.53. The first-order chi connectivity index (χ1) is 13.1. The fourth-order valence-corrected chi connectivity index (χ4v) is 3.53. The lowest BCUT2D eigenvalue weighted by atomic mass is 10.2. The van der Waals surface area contributed by atoms with E-state index in [0.717, 1.165) is 0 Å². The van der Waals surface area contributed by atoms with Gasteiger partial charge in [-0.05, 0) is 30.3 Å². The van der Waals surface area contributed by atoms with Crippen LogP contribution in [-0.4, -0.2) is 60.9 Å². The number of aliphatic imine (C=N–C) groups is 1. The maximum absolute atomic E-state index is 14.0. The molecule has 0 radical (unpaired) electrons. The summed E-state index contributed by atoms with van der Waals surface area (Å²) in [4.78, 5) is 22.9. The second-order valence-corrected chi connectivity index (χ2v) is 6.57. The van der Waals surface area contributed by atoms with E-state index in [-0.39, 0.29) is 11.7 Å². The topological polar surface area (TPSA) is 39.2 Å². The number of guanidine groups is 1. The highest BCUT2D eigenvalue weighted by Crippen LogP contribution is 2.21. The molecule has 0 unspecified atom stereocenters. The molecule has 0 aliphatic carbocycles. The number of piperazine rings is 1. The smallest absolute Gasteiger partial charge is 0.260 e. The number of amides is 1. The minimum absolute atomic E-state index is 0.230. The van der Waals surface area contributed by atoms with E-state index in [9.17, 15) is 13.6 Å². The zero-order chi connectivity index (χ0) is 18.8. The van der Waals surface area contributed by atoms with E-state index in [0.29, 0.717) is 56.5 Å². The number of benzene rings is 2. The Labute approximate surface area is 156 Å². The second kappa shape index (κ2) is 7.34. The van der Waals surface area contributed by atoms with Gasteiger partial charge in [0.15, 0.2) is 0 Å². The minimum Gasteiger partial charge on any atom is -0.366 e. The average molecular weight is 370 g/mol. The van der Waals surface area contributed by atoms with Crippen LogP contribution in [0.25, 0.3) is 0 Å². The monoisotopic (exact) mass is 370 g/mol. The van der Waals surface area contributed by atoms with Gasteiger partial charge in [0.2, 0.25) is 5.96 Å². The maximum Gasteiger partial charge on any atom is 0.260 e. The summed E-state index contributed by atoms with van der Waals surface area (Å²) in [7, 11) is 0. The molecule has 0 N–H and O–H groups in total. The minimum atomic E-state index is -0.433. The first kappa shape index (κ1) is 17.5. The lowest BCUT2D eigenvalue weighted by Crippen LogP contribution is -2.53. The van der Waals surface area contributed by atoms with Crippen LogP contribution < -0.4 is 4.90 Å². The van der Waals surface area contributed by atoms with Gasteiger partial charge in [-0.3, -0.25) is 14.7 Å². The van der Waals surface area contributed by atoms with E-state index in [1.165, 1.54) is 24.3 Å². The first-order valence-electron chi connectivity index (χ1n) is 9.00. The molecule has 2 aromatic carbocycles. The molecule has 1 saturated heterocycles. The van der Waals surface area contributed by atoms with Crippen LogP contribution in [0.5, 0.6) is 0 Å². The van der Waals surface area contributed by atoms with E-state index in [4.69, 9.17) is 0 Å². The molecule has 0 saturated carbocycles. The fraction of sp³-hybridized carbons (Fsp3) is 0.300. The Morgan fingerprint density at radius 2 is 1.63 bits per heavy atom. The van der Waals surface area contributed by atoms with E-state index in [1.807, 2.05) is 15.9 Å². The summed E-state index contributed by atoms with van der Waals surface area (Å²) in [6, 6.07) is 12.4. The Morgan fingerprint density at radius 3 is 2.37 bits per heavy atom. The molecule has 1 amide bonds. The molecule has 2 aromatic rings. The van der Waals surface area contributed by atoms with Gasteiger partial charge in [0.05, 0.1) is 12.2 Å². The average Bonchev–Trinajstić information content (AvgIpc) is 3.18. The number of anilines is 1. The summed E-state index contributed by atoms with van der Waals surface area (Å²) in [5.74, 6) is -0.288. The molecule has 0 aromatic heterocycles. The second-order valence-electron chi connectivity index (χ2n) is 6.57. The third-order valence-electron chi connectivity index (χ3n) is 4.89. The molecule has 4 rings (SSSR count). The van der Waals surface area contributed by atoms with Gasteiger partial charge in [-0.1, -0.05) is 18.2 Å². The van der Waals surface area contributed by atoms with Gasteiger partial charge in [0.25, 0.3) is 5.91 Å². The lowest BCUT2D eigenvalue weighted by Gasteiger charge is -2.38. The maximum atomic E-state index is 14.0. The SMILES string of the molecule is O=C(c1cccc(F)c1)N1CCN=C1N1CCN(c2ccccc2F)CC1. The number of para-hydroxylation sites is 1. The predicted molar refractivity (Wildman–Crippen MR) is 99.9 cm³/mol. The van der Waals surface area contributed by atoms with Crippen molar-refractivity contribution in [1.82, 2.24) is 9.80 Å². The Balaban J connectivity index is 1.45. The Bertz CT molecular complexity index is 878. The molecule has 0 bridgehead atoms. The number of carbonyl (C=O) groups excluding carboxylic acids is 1. The zero-order valence-electron chi connectivity index (χ0n) is 14.8. The summed E-state index contributed by atoms with van der Waals surface area (Å²) >= 11 is 0. The van der Waals surface area contributed by atoms with Gasteiger partial charge >= 0.3 is 0 Å². The zero-order valence-corrected chi connectivity index (χ0v) is 14.8. The summed E-state index contributed by atoms with van der Waals surface area (Å²) in [5.41, 5.74) is 0.910. The molecule has 0 atom stereocenters.